The van der Waals surface area contributed by atoms with Crippen LogP contribution in [0.25, 0.3) is 0 Å². The molecule has 13 heavy (non-hydrogen) atoms. The molecule has 0 aromatic carbocycles. The van der Waals surface area contributed by atoms with Crippen LogP contribution >= 0.6 is 0 Å². The van der Waals surface area contributed by atoms with Crippen molar-refractivity contribution in [3.8, 4) is 0 Å². The molecule has 0 rings (SSSR count). The van der Waals surface area contributed by atoms with Gasteiger partial charge < -0.3 is 25.3 Å². The van der Waals surface area contributed by atoms with Crippen molar-refractivity contribution in [3.05, 3.63) is 13.8 Å². The van der Waals surface area contributed by atoms with Crippen LogP contribution in [0.15, 0.2) is 0 Å². The smallest absolute Gasteiger partial charge is 0.0657 e. The molecule has 0 fully saturated rings. The van der Waals surface area contributed by atoms with Crippen LogP contribution in [0.1, 0.15) is 20.3 Å². The van der Waals surface area contributed by atoms with Gasteiger partial charge in [0.1, 0.15) is 0 Å². The van der Waals surface area contributed by atoms with Crippen molar-refractivity contribution in [2.24, 2.45) is 16.9 Å². The predicted molar refractivity (Wildman–Crippen MR) is 52.9 cm³/mol. The van der Waals surface area contributed by atoms with Crippen molar-refractivity contribution in [2.45, 2.75) is 20.3 Å². The fraction of sp³-hybridized carbons (Fsp3) is 0.500. The third kappa shape index (κ3) is 18.8. The first-order valence-corrected chi connectivity index (χ1v) is 3.53. The van der Waals surface area contributed by atoms with Crippen molar-refractivity contribution in [1.29, 1.82) is 10.8 Å². The fourth-order valence-corrected chi connectivity index (χ4v) is 0. The topological polar surface area (TPSA) is 99.7 Å². The van der Waals surface area contributed by atoms with Crippen molar-refractivity contribution in [2.75, 3.05) is 0 Å². The molecule has 0 aromatic rings. The van der Waals surface area contributed by atoms with E-state index >= 15 is 0 Å². The summed E-state index contributed by atoms with van der Waals surface area (Å²) in [6.07, 6.45) is 0.417. The van der Waals surface area contributed by atoms with Crippen molar-refractivity contribution in [3.63, 3.8) is 0 Å². The molecule has 5 heteroatoms. The maximum atomic E-state index is 6.86. The van der Waals surface area contributed by atoms with Gasteiger partial charge in [-0.1, -0.05) is 13.8 Å². The second kappa shape index (κ2) is 8.63. The Hall–Kier alpha value is 0.0439. The van der Waals surface area contributed by atoms with Crippen LogP contribution in [0, 0.1) is 30.1 Å². The Labute approximate surface area is 106 Å². The van der Waals surface area contributed by atoms with Gasteiger partial charge in [0.25, 0.3) is 0 Å². The zero-order valence-electron chi connectivity index (χ0n) is 8.35. The monoisotopic (exact) mass is 259 g/mol. The number of hydrogen-bond donors (Lipinski definition) is 4. The van der Waals surface area contributed by atoms with E-state index in [2.05, 4.69) is 13.8 Å². The summed E-state index contributed by atoms with van der Waals surface area (Å²) >= 11 is 0. The Morgan fingerprint density at radius 3 is 1.46 bits per heavy atom. The minimum absolute atomic E-state index is 0. The Bertz CT molecular complexity index is 160. The Balaban J connectivity index is -0.000000150. The number of nitrogens with two attached hydrogens (primary N) is 2. The van der Waals surface area contributed by atoms with Gasteiger partial charge in [-0.05, 0) is 0 Å². The second-order valence-electron chi connectivity index (χ2n) is 3.07. The van der Waals surface area contributed by atoms with Crippen LogP contribution in [-0.4, -0.2) is 11.7 Å². The number of nitrogens with one attached hydrogen (secondary N) is 2. The first-order chi connectivity index (χ1) is 5.21. The van der Waals surface area contributed by atoms with E-state index < -0.39 is 0 Å². The maximum absolute atomic E-state index is 6.86. The summed E-state index contributed by atoms with van der Waals surface area (Å²) in [5.74, 6) is 0.275. The summed E-state index contributed by atoms with van der Waals surface area (Å²) in [5, 5.41) is 13.3. The molecule has 0 spiro atoms. The van der Waals surface area contributed by atoms with Gasteiger partial charge in [0.2, 0.25) is 0 Å². The molecule has 0 aliphatic heterocycles. The van der Waals surface area contributed by atoms with Gasteiger partial charge in [-0.15, -0.1) is 11.8 Å². The standard InChI is InChI=1S/C5H11N2.C3H7N2.Y/c1-5(2,3)4(6)7;1-2-3(4)5;/h1H2,2-3H3,(H3,6,7);1-2H2,(H3,4,5);/q2*-1;. The van der Waals surface area contributed by atoms with Crippen LogP contribution in [0.2, 0.25) is 0 Å². The summed E-state index contributed by atoms with van der Waals surface area (Å²) in [6, 6.07) is 0. The minimum Gasteiger partial charge on any atom is -0.390 e. The van der Waals surface area contributed by atoms with E-state index in [0.717, 1.165) is 0 Å². The van der Waals surface area contributed by atoms with E-state index in [1.807, 2.05) is 0 Å². The van der Waals surface area contributed by atoms with Crippen LogP contribution < -0.4 is 11.5 Å². The number of rotatable bonds is 2. The molecule has 75 valence electrons. The summed E-state index contributed by atoms with van der Waals surface area (Å²) in [5.41, 5.74) is 9.51. The molecule has 0 saturated carbocycles. The Morgan fingerprint density at radius 1 is 1.31 bits per heavy atom. The van der Waals surface area contributed by atoms with E-state index in [9.17, 15) is 0 Å². The molecular weight excluding hydrogens is 241 g/mol. The fourth-order valence-electron chi connectivity index (χ4n) is 0. The van der Waals surface area contributed by atoms with Crippen LogP contribution in [0.4, 0.5) is 0 Å². The number of hydrogen-bond acceptors (Lipinski definition) is 2. The first-order valence-electron chi connectivity index (χ1n) is 3.53. The largest absolute Gasteiger partial charge is 0.390 e. The molecule has 0 atom stereocenters. The van der Waals surface area contributed by atoms with Crippen molar-refractivity contribution >= 4 is 11.7 Å². The zero-order valence-corrected chi connectivity index (χ0v) is 11.2. The SMILES string of the molecule is [CH2-]C(C)(C)C(=N)N.[CH2-]CC(=N)N.[Y]. The third-order valence-electron chi connectivity index (χ3n) is 0.998. The maximum Gasteiger partial charge on any atom is 0.0657 e. The van der Waals surface area contributed by atoms with Gasteiger partial charge in [-0.3, -0.25) is 10.8 Å². The molecule has 0 heterocycles. The van der Waals surface area contributed by atoms with Gasteiger partial charge in [0.15, 0.2) is 0 Å². The van der Waals surface area contributed by atoms with E-state index in [1.165, 1.54) is 0 Å². The molecule has 0 saturated heterocycles. The van der Waals surface area contributed by atoms with Crippen LogP contribution in [0.5, 0.6) is 0 Å². The molecule has 0 aromatic heterocycles. The zero-order chi connectivity index (χ0) is 10.4. The predicted octanol–water partition coefficient (Wildman–Crippen LogP) is 0.927. The molecule has 0 amide bonds. The molecule has 0 aliphatic carbocycles. The van der Waals surface area contributed by atoms with Crippen LogP contribution in [0.3, 0.4) is 0 Å². The van der Waals surface area contributed by atoms with E-state index in [1.54, 1.807) is 13.8 Å². The minimum atomic E-state index is -0.389. The average molecular weight is 259 g/mol. The van der Waals surface area contributed by atoms with Gasteiger partial charge in [0.05, 0.1) is 11.7 Å². The van der Waals surface area contributed by atoms with Crippen molar-refractivity contribution < 1.29 is 32.7 Å². The first kappa shape index (κ1) is 18.8. The van der Waals surface area contributed by atoms with Gasteiger partial charge in [0, 0.05) is 32.7 Å². The van der Waals surface area contributed by atoms with E-state index in [-0.39, 0.29) is 49.8 Å². The summed E-state index contributed by atoms with van der Waals surface area (Å²) in [4.78, 5) is 0. The van der Waals surface area contributed by atoms with Gasteiger partial charge >= 0.3 is 0 Å². The average Bonchev–Trinajstić information content (AvgIpc) is 1.87. The van der Waals surface area contributed by atoms with Gasteiger partial charge in [-0.2, -0.15) is 0 Å². The van der Waals surface area contributed by atoms with Crippen molar-refractivity contribution in [1.82, 2.24) is 0 Å². The van der Waals surface area contributed by atoms with E-state index in [0.29, 0.717) is 6.42 Å². The Morgan fingerprint density at radius 2 is 1.46 bits per heavy atom. The Kier molecular flexibility index (Phi) is 12.5. The van der Waals surface area contributed by atoms with E-state index in [4.69, 9.17) is 22.3 Å². The summed E-state index contributed by atoms with van der Waals surface area (Å²) < 4.78 is 0. The second-order valence-corrected chi connectivity index (χ2v) is 3.07. The molecular formula is C8H18N4Y-2. The third-order valence-corrected chi connectivity index (χ3v) is 0.998. The van der Waals surface area contributed by atoms with Gasteiger partial charge in [-0.25, -0.2) is 0 Å². The summed E-state index contributed by atoms with van der Waals surface area (Å²) in [6.45, 7) is 10.6. The normalized spacial score (nSPS) is 8.92. The van der Waals surface area contributed by atoms with Crippen LogP contribution in [-0.2, 0) is 32.7 Å². The molecule has 6 N–H and O–H groups in total. The molecule has 4 nitrogen and oxygen atoms in total. The number of amidine groups is 2. The quantitative estimate of drug-likeness (QED) is 0.337. The summed E-state index contributed by atoms with van der Waals surface area (Å²) in [7, 11) is 0. The molecule has 0 bridgehead atoms. The molecule has 0 aliphatic rings. The molecule has 0 unspecified atom stereocenters. The molecule has 1 radical (unpaired) electrons.